The molecule has 0 aliphatic heterocycles. The van der Waals surface area contributed by atoms with Crippen LogP contribution in [0.4, 0.5) is 0 Å². The quantitative estimate of drug-likeness (QED) is 0.358. The van der Waals surface area contributed by atoms with Gasteiger partial charge in [0.15, 0.2) is 6.61 Å². The number of hydrogen-bond acceptors (Lipinski definition) is 5. The summed E-state index contributed by atoms with van der Waals surface area (Å²) in [5, 5.41) is 27.2. The summed E-state index contributed by atoms with van der Waals surface area (Å²) in [6.45, 7) is 8.15. The molecule has 0 heterocycles. The Morgan fingerprint density at radius 3 is 2.58 bits per heavy atom. The summed E-state index contributed by atoms with van der Waals surface area (Å²) < 4.78 is 0. The van der Waals surface area contributed by atoms with Crippen molar-refractivity contribution in [3.63, 3.8) is 0 Å². The third-order valence-electron chi connectivity index (χ3n) is 10.1. The molecule has 36 heavy (non-hydrogen) atoms. The Morgan fingerprint density at radius 2 is 1.92 bits per heavy atom. The number of carboxylic acid groups (broad SMARTS) is 1. The Balaban J connectivity index is 1.39. The predicted octanol–water partition coefficient (Wildman–Crippen LogP) is 4.30. The first-order valence-corrected chi connectivity index (χ1v) is 13.6. The summed E-state index contributed by atoms with van der Waals surface area (Å²) >= 11 is 0. The number of aliphatic carboxylic acids is 1. The van der Waals surface area contributed by atoms with E-state index in [1.54, 1.807) is 0 Å². The molecule has 3 N–H and O–H groups in total. The Kier molecular flexibility index (Phi) is 7.31. The standard InChI is InChI=1S/C29H42N2O5/c1-6-29(35)14-11-23-21-8-7-19-16-20(9-12-27(19,4)22(21)10-13-28(23,29)5)31-36-17-25(32)30-24(26(33)34)15-18(2)3/h1,16,18,21-24,35H,7-15,17H2,2-5H3,(H,30,32)(H,33,34). The van der Waals surface area contributed by atoms with Crippen LogP contribution < -0.4 is 5.32 Å². The minimum absolute atomic E-state index is 0.114. The number of terminal acetylenes is 1. The van der Waals surface area contributed by atoms with Crippen LogP contribution in [0.2, 0.25) is 0 Å². The molecule has 0 saturated heterocycles. The lowest BCUT2D eigenvalue weighted by atomic mass is 9.46. The third-order valence-corrected chi connectivity index (χ3v) is 10.1. The largest absolute Gasteiger partial charge is 0.480 e. The molecular weight excluding hydrogens is 456 g/mol. The average molecular weight is 499 g/mol. The first kappa shape index (κ1) is 26.7. The second-order valence-corrected chi connectivity index (χ2v) is 12.4. The number of nitrogens with zero attached hydrogens (tertiary/aromatic N) is 1. The number of rotatable bonds is 7. The van der Waals surface area contributed by atoms with Crippen LogP contribution in [-0.4, -0.2) is 46.1 Å². The van der Waals surface area contributed by atoms with Gasteiger partial charge in [-0.15, -0.1) is 6.42 Å². The van der Waals surface area contributed by atoms with Gasteiger partial charge in [0, 0.05) is 5.41 Å². The van der Waals surface area contributed by atoms with E-state index in [2.05, 4.69) is 36.3 Å². The van der Waals surface area contributed by atoms with Gasteiger partial charge in [0.05, 0.1) is 5.71 Å². The van der Waals surface area contributed by atoms with Crippen molar-refractivity contribution in [1.29, 1.82) is 0 Å². The topological polar surface area (TPSA) is 108 Å². The second kappa shape index (κ2) is 9.85. The molecule has 7 heteroatoms. The van der Waals surface area contributed by atoms with Crippen molar-refractivity contribution < 1.29 is 24.6 Å². The van der Waals surface area contributed by atoms with Crippen LogP contribution in [0.1, 0.15) is 85.5 Å². The highest BCUT2D eigenvalue weighted by molar-refractivity contribution is 5.96. The Morgan fingerprint density at radius 1 is 1.19 bits per heavy atom. The lowest BCUT2D eigenvalue weighted by Crippen LogP contribution is -2.54. The van der Waals surface area contributed by atoms with Crippen LogP contribution in [0, 0.1) is 46.8 Å². The Bertz CT molecular complexity index is 996. The van der Waals surface area contributed by atoms with Crippen molar-refractivity contribution in [2.75, 3.05) is 6.61 Å². The molecule has 4 aliphatic rings. The van der Waals surface area contributed by atoms with Gasteiger partial charge in [-0.3, -0.25) is 4.79 Å². The number of allylic oxidation sites excluding steroid dienone is 2. The lowest BCUT2D eigenvalue weighted by molar-refractivity contribution is -0.143. The maximum atomic E-state index is 12.2. The highest BCUT2D eigenvalue weighted by Crippen LogP contribution is 2.67. The van der Waals surface area contributed by atoms with E-state index in [1.165, 1.54) is 5.57 Å². The molecule has 4 rings (SSSR count). The van der Waals surface area contributed by atoms with Gasteiger partial charge in [-0.2, -0.15) is 0 Å². The molecule has 1 amide bonds. The summed E-state index contributed by atoms with van der Waals surface area (Å²) in [7, 11) is 0. The molecule has 198 valence electrons. The number of carbonyl (C=O) groups is 2. The second-order valence-electron chi connectivity index (χ2n) is 12.4. The molecule has 7 nitrogen and oxygen atoms in total. The minimum Gasteiger partial charge on any atom is -0.480 e. The molecule has 3 saturated carbocycles. The third kappa shape index (κ3) is 4.58. The van der Waals surface area contributed by atoms with E-state index in [4.69, 9.17) is 11.3 Å². The molecule has 0 bridgehead atoms. The Labute approximate surface area is 215 Å². The normalized spacial score (nSPS) is 39.3. The molecule has 0 aromatic carbocycles. The number of carboxylic acids is 1. The highest BCUT2D eigenvalue weighted by atomic mass is 16.6. The maximum Gasteiger partial charge on any atom is 0.326 e. The van der Waals surface area contributed by atoms with Gasteiger partial charge >= 0.3 is 5.97 Å². The summed E-state index contributed by atoms with van der Waals surface area (Å²) in [4.78, 5) is 28.9. The van der Waals surface area contributed by atoms with Gasteiger partial charge in [-0.1, -0.05) is 44.3 Å². The van der Waals surface area contributed by atoms with Crippen molar-refractivity contribution in [2.45, 2.75) is 97.1 Å². The summed E-state index contributed by atoms with van der Waals surface area (Å²) in [6, 6.07) is -0.921. The monoisotopic (exact) mass is 498 g/mol. The van der Waals surface area contributed by atoms with Gasteiger partial charge < -0.3 is 20.4 Å². The fourth-order valence-electron chi connectivity index (χ4n) is 8.00. The summed E-state index contributed by atoms with van der Waals surface area (Å²) in [5.41, 5.74) is 1.20. The van der Waals surface area contributed by atoms with Crippen LogP contribution in [0.15, 0.2) is 16.8 Å². The first-order valence-electron chi connectivity index (χ1n) is 13.6. The molecule has 7 atom stereocenters. The fourth-order valence-corrected chi connectivity index (χ4v) is 8.00. The van der Waals surface area contributed by atoms with Crippen molar-refractivity contribution in [3.8, 4) is 12.3 Å². The SMILES string of the molecule is C#CC1(O)CCC2C3CCC4=CC(=NOCC(=O)NC(CC(C)C)C(=O)O)CCC4(C)C3CCC21C. The number of fused-ring (bicyclic) bond motifs is 5. The maximum absolute atomic E-state index is 12.2. The molecule has 0 radical (unpaired) electrons. The smallest absolute Gasteiger partial charge is 0.326 e. The first-order chi connectivity index (χ1) is 16.9. The van der Waals surface area contributed by atoms with Gasteiger partial charge in [-0.05, 0) is 93.0 Å². The zero-order chi connectivity index (χ0) is 26.3. The van der Waals surface area contributed by atoms with Crippen LogP contribution in [0.25, 0.3) is 0 Å². The van der Waals surface area contributed by atoms with Crippen LogP contribution in [0.5, 0.6) is 0 Å². The van der Waals surface area contributed by atoms with Crippen molar-refractivity contribution in [3.05, 3.63) is 11.6 Å². The highest BCUT2D eigenvalue weighted by Gasteiger charge is 2.63. The number of oxime groups is 1. The van der Waals surface area contributed by atoms with Gasteiger partial charge in [0.1, 0.15) is 11.6 Å². The zero-order valence-corrected chi connectivity index (χ0v) is 22.2. The van der Waals surface area contributed by atoms with Gasteiger partial charge in [0.25, 0.3) is 5.91 Å². The molecule has 0 spiro atoms. The molecule has 0 aromatic rings. The van der Waals surface area contributed by atoms with E-state index < -0.39 is 23.5 Å². The van der Waals surface area contributed by atoms with E-state index in [9.17, 15) is 19.8 Å². The van der Waals surface area contributed by atoms with E-state index in [0.717, 1.165) is 50.7 Å². The van der Waals surface area contributed by atoms with Crippen molar-refractivity contribution in [1.82, 2.24) is 5.32 Å². The summed E-state index contributed by atoms with van der Waals surface area (Å²) in [6.07, 6.45) is 16.0. The Hall–Kier alpha value is -2.33. The van der Waals surface area contributed by atoms with Crippen molar-refractivity contribution >= 4 is 17.6 Å². The van der Waals surface area contributed by atoms with E-state index in [0.29, 0.717) is 30.6 Å². The molecular formula is C29H42N2O5. The number of carbonyl (C=O) groups excluding carboxylic acids is 1. The lowest BCUT2D eigenvalue weighted by Gasteiger charge is -2.58. The number of amides is 1. The van der Waals surface area contributed by atoms with E-state index >= 15 is 0 Å². The predicted molar refractivity (Wildman–Crippen MR) is 138 cm³/mol. The van der Waals surface area contributed by atoms with Crippen LogP contribution in [-0.2, 0) is 14.4 Å². The molecule has 4 aliphatic carbocycles. The van der Waals surface area contributed by atoms with Gasteiger partial charge in [0.2, 0.25) is 0 Å². The fraction of sp³-hybridized carbons (Fsp3) is 0.759. The molecule has 0 aromatic heterocycles. The van der Waals surface area contributed by atoms with Gasteiger partial charge in [-0.25, -0.2) is 4.79 Å². The molecule has 3 fully saturated rings. The molecule has 7 unspecified atom stereocenters. The van der Waals surface area contributed by atoms with E-state index in [1.807, 2.05) is 13.8 Å². The van der Waals surface area contributed by atoms with E-state index in [-0.39, 0.29) is 23.4 Å². The van der Waals surface area contributed by atoms with Crippen LogP contribution >= 0.6 is 0 Å². The zero-order valence-electron chi connectivity index (χ0n) is 22.2. The summed E-state index contributed by atoms with van der Waals surface area (Å²) in [5.74, 6) is 3.03. The number of aliphatic hydroxyl groups is 1. The van der Waals surface area contributed by atoms with Crippen molar-refractivity contribution in [2.24, 2.45) is 39.7 Å². The van der Waals surface area contributed by atoms with Crippen LogP contribution in [0.3, 0.4) is 0 Å². The minimum atomic E-state index is -1.04. The average Bonchev–Trinajstić information content (AvgIpc) is 3.09. The number of hydrogen-bond donors (Lipinski definition) is 3. The number of nitrogens with one attached hydrogen (secondary N) is 1.